The first-order valence-electron chi connectivity index (χ1n) is 8.35. The summed E-state index contributed by atoms with van der Waals surface area (Å²) >= 11 is 0. The number of methoxy groups -OCH3 is 1. The molecule has 1 N–H and O–H groups in total. The van der Waals surface area contributed by atoms with E-state index >= 15 is 0 Å². The van der Waals surface area contributed by atoms with Crippen LogP contribution in [0, 0.1) is 0 Å². The second-order valence-electron chi connectivity index (χ2n) is 6.09. The first-order chi connectivity index (χ1) is 12.2. The minimum Gasteiger partial charge on any atom is -0.497 e. The summed E-state index contributed by atoms with van der Waals surface area (Å²) in [4.78, 5) is 17.7. The van der Waals surface area contributed by atoms with E-state index in [1.54, 1.807) is 13.4 Å². The highest BCUT2D eigenvalue weighted by atomic mass is 16.6. The summed E-state index contributed by atoms with van der Waals surface area (Å²) in [6, 6.07) is 11.4. The molecule has 6 nitrogen and oxygen atoms in total. The van der Waals surface area contributed by atoms with E-state index in [0.717, 1.165) is 35.6 Å². The number of benzene rings is 1. The van der Waals surface area contributed by atoms with Crippen LogP contribution in [0.5, 0.6) is 5.75 Å². The Morgan fingerprint density at radius 1 is 1.36 bits per heavy atom. The lowest BCUT2D eigenvalue weighted by molar-refractivity contribution is -0.131. The third-order valence-corrected chi connectivity index (χ3v) is 4.18. The highest BCUT2D eigenvalue weighted by Crippen LogP contribution is 2.19. The Labute approximate surface area is 146 Å². The topological polar surface area (TPSA) is 73.1 Å². The van der Waals surface area contributed by atoms with E-state index in [4.69, 9.17) is 14.0 Å². The lowest BCUT2D eigenvalue weighted by Crippen LogP contribution is -2.40. The van der Waals surface area contributed by atoms with Gasteiger partial charge in [0.1, 0.15) is 11.5 Å². The van der Waals surface area contributed by atoms with Gasteiger partial charge in [0.15, 0.2) is 0 Å². The maximum absolute atomic E-state index is 12.3. The van der Waals surface area contributed by atoms with Crippen LogP contribution in [0.1, 0.15) is 31.1 Å². The number of amides is 1. The molecule has 1 aromatic carbocycles. The van der Waals surface area contributed by atoms with Crippen LogP contribution in [0.2, 0.25) is 0 Å². The second-order valence-corrected chi connectivity index (χ2v) is 6.09. The zero-order valence-corrected chi connectivity index (χ0v) is 14.4. The predicted molar refractivity (Wildman–Crippen MR) is 93.7 cm³/mol. The molecule has 3 rings (SSSR count). The highest BCUT2D eigenvalue weighted by molar-refractivity contribution is 6.04. The van der Waals surface area contributed by atoms with Crippen molar-refractivity contribution in [3.8, 4) is 5.75 Å². The van der Waals surface area contributed by atoms with Crippen LogP contribution in [0.4, 0.5) is 0 Å². The zero-order chi connectivity index (χ0) is 17.6. The van der Waals surface area contributed by atoms with Crippen LogP contribution in [0.15, 0.2) is 52.2 Å². The van der Waals surface area contributed by atoms with Gasteiger partial charge in [0.25, 0.3) is 5.91 Å². The Bertz CT molecular complexity index is 722. The maximum atomic E-state index is 12.3. The summed E-state index contributed by atoms with van der Waals surface area (Å²) in [5, 5.41) is 7.03. The van der Waals surface area contributed by atoms with Crippen molar-refractivity contribution in [3.05, 3.63) is 54.0 Å². The summed E-state index contributed by atoms with van der Waals surface area (Å²) in [6.45, 7) is 1.97. The van der Waals surface area contributed by atoms with Gasteiger partial charge in [0.05, 0.1) is 19.1 Å². The third-order valence-electron chi connectivity index (χ3n) is 4.18. The molecule has 2 atom stereocenters. The Hall–Kier alpha value is -2.76. The van der Waals surface area contributed by atoms with E-state index in [1.807, 2.05) is 43.3 Å². The summed E-state index contributed by atoms with van der Waals surface area (Å²) < 4.78 is 10.4. The molecule has 1 aliphatic heterocycles. The average Bonchev–Trinajstić information content (AvgIpc) is 3.32. The zero-order valence-electron chi connectivity index (χ0n) is 14.4. The highest BCUT2D eigenvalue weighted by Gasteiger charge is 2.29. The van der Waals surface area contributed by atoms with Gasteiger partial charge in [-0.25, -0.2) is 0 Å². The molecule has 0 saturated carbocycles. The molecule has 0 bridgehead atoms. The number of hydrogen-bond acceptors (Lipinski definition) is 5. The molecule has 0 radical (unpaired) electrons. The van der Waals surface area contributed by atoms with Crippen molar-refractivity contribution in [3.63, 3.8) is 0 Å². The number of carbonyl (C=O) groups excluding carboxylic acids is 1. The van der Waals surface area contributed by atoms with Gasteiger partial charge >= 0.3 is 0 Å². The van der Waals surface area contributed by atoms with E-state index in [9.17, 15) is 4.79 Å². The van der Waals surface area contributed by atoms with Crippen molar-refractivity contribution in [1.82, 2.24) is 5.32 Å². The predicted octanol–water partition coefficient (Wildman–Crippen LogP) is 2.92. The molecular formula is C19H22N2O4. The number of furan rings is 1. The smallest absolute Gasteiger partial charge is 0.264 e. The summed E-state index contributed by atoms with van der Waals surface area (Å²) in [5.41, 5.74) is 1.70. The van der Waals surface area contributed by atoms with Gasteiger partial charge in [-0.3, -0.25) is 4.79 Å². The van der Waals surface area contributed by atoms with E-state index in [-0.39, 0.29) is 11.9 Å². The molecule has 132 valence electrons. The molecule has 0 saturated heterocycles. The van der Waals surface area contributed by atoms with E-state index < -0.39 is 6.10 Å². The van der Waals surface area contributed by atoms with Crippen molar-refractivity contribution in [1.29, 1.82) is 0 Å². The first kappa shape index (κ1) is 17.1. The number of carbonyl (C=O) groups is 1. The molecule has 0 spiro atoms. The number of nitrogens with zero attached hydrogens (tertiary/aromatic N) is 1. The van der Waals surface area contributed by atoms with Crippen LogP contribution in [0.25, 0.3) is 0 Å². The normalized spacial score (nSPS) is 17.5. The molecule has 6 heteroatoms. The van der Waals surface area contributed by atoms with Crippen molar-refractivity contribution >= 4 is 11.6 Å². The monoisotopic (exact) mass is 342 g/mol. The fraction of sp³-hybridized carbons (Fsp3) is 0.368. The molecule has 1 amide bonds. The summed E-state index contributed by atoms with van der Waals surface area (Å²) in [7, 11) is 1.62. The number of nitrogens with one attached hydrogen (secondary N) is 1. The molecule has 1 aromatic heterocycles. The Morgan fingerprint density at radius 3 is 2.84 bits per heavy atom. The van der Waals surface area contributed by atoms with Crippen molar-refractivity contribution in [2.24, 2.45) is 5.16 Å². The van der Waals surface area contributed by atoms with Crippen LogP contribution in [-0.2, 0) is 16.1 Å². The lowest BCUT2D eigenvalue weighted by atomic mass is 10.0. The van der Waals surface area contributed by atoms with Crippen molar-refractivity contribution in [2.75, 3.05) is 7.11 Å². The first-order valence-corrected chi connectivity index (χ1v) is 8.35. The number of aryl methyl sites for hydroxylation is 1. The Kier molecular flexibility index (Phi) is 5.38. The largest absolute Gasteiger partial charge is 0.497 e. The number of ether oxygens (including phenoxy) is 1. The summed E-state index contributed by atoms with van der Waals surface area (Å²) in [5.74, 6) is 1.56. The van der Waals surface area contributed by atoms with Gasteiger partial charge in [0, 0.05) is 18.9 Å². The fourth-order valence-corrected chi connectivity index (χ4v) is 2.69. The van der Waals surface area contributed by atoms with Gasteiger partial charge in [-0.2, -0.15) is 0 Å². The van der Waals surface area contributed by atoms with E-state index in [1.165, 1.54) is 0 Å². The number of rotatable bonds is 7. The minimum atomic E-state index is -0.580. The fourth-order valence-electron chi connectivity index (χ4n) is 2.69. The minimum absolute atomic E-state index is 0.0336. The van der Waals surface area contributed by atoms with Gasteiger partial charge in [0.2, 0.25) is 6.10 Å². The molecule has 2 aromatic rings. The van der Waals surface area contributed by atoms with Crippen molar-refractivity contribution < 1.29 is 18.8 Å². The van der Waals surface area contributed by atoms with E-state index in [0.29, 0.717) is 6.42 Å². The number of oxime groups is 1. The van der Waals surface area contributed by atoms with Gasteiger partial charge in [-0.1, -0.05) is 5.16 Å². The van der Waals surface area contributed by atoms with Gasteiger partial charge in [-0.15, -0.1) is 0 Å². The van der Waals surface area contributed by atoms with Crippen LogP contribution in [0.3, 0.4) is 0 Å². The molecule has 25 heavy (non-hydrogen) atoms. The van der Waals surface area contributed by atoms with E-state index in [2.05, 4.69) is 10.5 Å². The maximum Gasteiger partial charge on any atom is 0.264 e. The SMILES string of the molecule is COc1ccc(C2=NOC(C(=O)NC(C)CCc3ccco3)C2)cc1. The quantitative estimate of drug-likeness (QED) is 0.840. The van der Waals surface area contributed by atoms with Gasteiger partial charge < -0.3 is 19.3 Å². The van der Waals surface area contributed by atoms with Crippen LogP contribution < -0.4 is 10.1 Å². The van der Waals surface area contributed by atoms with Crippen molar-refractivity contribution in [2.45, 2.75) is 38.3 Å². The number of hydrogen-bond donors (Lipinski definition) is 1. The van der Waals surface area contributed by atoms with Crippen LogP contribution >= 0.6 is 0 Å². The second kappa shape index (κ2) is 7.88. The molecular weight excluding hydrogens is 320 g/mol. The molecule has 2 heterocycles. The molecule has 0 fully saturated rings. The van der Waals surface area contributed by atoms with Crippen LogP contribution in [-0.4, -0.2) is 30.9 Å². The standard InChI is InChI=1S/C19H22N2O4/c1-13(5-8-16-4-3-11-24-16)20-19(22)18-12-17(21-25-18)14-6-9-15(23-2)10-7-14/h3-4,6-7,9-11,13,18H,5,8,12H2,1-2H3,(H,20,22). The average molecular weight is 342 g/mol. The Balaban J connectivity index is 1.47. The van der Waals surface area contributed by atoms with Gasteiger partial charge in [-0.05, 0) is 55.3 Å². The molecule has 0 aliphatic carbocycles. The Morgan fingerprint density at radius 2 is 2.16 bits per heavy atom. The lowest BCUT2D eigenvalue weighted by Gasteiger charge is -2.15. The molecule has 1 aliphatic rings. The summed E-state index contributed by atoms with van der Waals surface area (Å²) in [6.07, 6.45) is 3.13. The third kappa shape index (κ3) is 4.41. The molecule has 2 unspecified atom stereocenters.